The van der Waals surface area contributed by atoms with Gasteiger partial charge < -0.3 is 0 Å². The van der Waals surface area contributed by atoms with Crippen molar-refractivity contribution >= 4 is 57.2 Å². The Morgan fingerprint density at radius 3 is 1.11 bits per heavy atom. The van der Waals surface area contributed by atoms with Crippen molar-refractivity contribution in [3.05, 3.63) is 143 Å². The molecule has 6 rings (SSSR count). The van der Waals surface area contributed by atoms with Crippen molar-refractivity contribution in [2.24, 2.45) is 0 Å². The van der Waals surface area contributed by atoms with Crippen LogP contribution in [0.15, 0.2) is 120 Å². The zero-order valence-corrected chi connectivity index (χ0v) is 21.7. The van der Waals surface area contributed by atoms with Crippen molar-refractivity contribution in [3.63, 3.8) is 0 Å². The average Bonchev–Trinajstić information content (AvgIpc) is 3.38. The zero-order valence-electron chi connectivity index (χ0n) is 20.1. The van der Waals surface area contributed by atoms with E-state index in [1.807, 2.05) is 36.4 Å². The predicted molar refractivity (Wildman–Crippen MR) is 159 cm³/mol. The molecule has 0 aliphatic carbocycles. The molecule has 4 aromatic carbocycles. The molecule has 0 unspecified atom stereocenters. The van der Waals surface area contributed by atoms with Gasteiger partial charge in [0.1, 0.15) is 9.98 Å². The van der Waals surface area contributed by atoms with Gasteiger partial charge in [0.15, 0.2) is 0 Å². The molecule has 0 radical (unpaired) electrons. The minimum Gasteiger partial charge on any atom is -0.299 e. The number of para-hydroxylation sites is 2. The molecule has 0 saturated carbocycles. The maximum Gasteiger partial charge on any atom is 0.121 e. The van der Waals surface area contributed by atoms with E-state index in [1.54, 1.807) is 0 Å². The summed E-state index contributed by atoms with van der Waals surface area (Å²) in [6, 6.07) is 37.9. The first-order valence-electron chi connectivity index (χ1n) is 12.0. The maximum atomic E-state index is 6.26. The summed E-state index contributed by atoms with van der Waals surface area (Å²) in [5.41, 5.74) is 10.8. The Hall–Kier alpha value is -3.86. The fourth-order valence-electron chi connectivity index (χ4n) is 4.92. The van der Waals surface area contributed by atoms with E-state index in [0.29, 0.717) is 0 Å². The lowest BCUT2D eigenvalue weighted by molar-refractivity contribution is 1.36. The third-order valence-electron chi connectivity index (χ3n) is 6.68. The van der Waals surface area contributed by atoms with E-state index in [-0.39, 0.29) is 0 Å². The molecule has 0 saturated heterocycles. The van der Waals surface area contributed by atoms with Crippen molar-refractivity contribution in [2.75, 3.05) is 9.80 Å². The van der Waals surface area contributed by atoms with E-state index in [2.05, 4.69) is 96.4 Å². The SMILES string of the molecule is Cc1ccc(C2=C3C(=S)N(c4ccccc4)C(c4ccc(C)cc4)=C3C(=S)N2c2ccccc2)cc1. The van der Waals surface area contributed by atoms with Gasteiger partial charge in [-0.1, -0.05) is 120 Å². The van der Waals surface area contributed by atoms with Crippen LogP contribution < -0.4 is 9.80 Å². The van der Waals surface area contributed by atoms with Gasteiger partial charge in [-0.3, -0.25) is 9.80 Å². The minimum absolute atomic E-state index is 0.767. The Labute approximate surface area is 222 Å². The molecule has 174 valence electrons. The van der Waals surface area contributed by atoms with Gasteiger partial charge in [-0.2, -0.15) is 0 Å². The second-order valence-electron chi connectivity index (χ2n) is 9.13. The van der Waals surface area contributed by atoms with Crippen LogP contribution in [0.2, 0.25) is 0 Å². The van der Waals surface area contributed by atoms with Crippen molar-refractivity contribution in [3.8, 4) is 0 Å². The van der Waals surface area contributed by atoms with Crippen LogP contribution >= 0.6 is 24.4 Å². The van der Waals surface area contributed by atoms with E-state index < -0.39 is 0 Å². The first kappa shape index (κ1) is 22.6. The molecule has 2 aliphatic rings. The first-order chi connectivity index (χ1) is 17.5. The zero-order chi connectivity index (χ0) is 24.8. The molecule has 4 heteroatoms. The Kier molecular flexibility index (Phi) is 5.63. The molecular weight excluding hydrogens is 477 g/mol. The smallest absolute Gasteiger partial charge is 0.121 e. The number of nitrogens with zero attached hydrogens (tertiary/aromatic N) is 2. The fraction of sp³-hybridized carbons (Fsp3) is 0.0625. The number of thiocarbonyl (C=S) groups is 2. The van der Waals surface area contributed by atoms with E-state index in [1.165, 1.54) is 11.1 Å². The second-order valence-corrected chi connectivity index (χ2v) is 9.90. The molecular formula is C32H24N2S2. The number of fused-ring (bicyclic) bond motifs is 1. The van der Waals surface area contributed by atoms with Crippen LogP contribution in [0, 0.1) is 13.8 Å². The summed E-state index contributed by atoms with van der Waals surface area (Å²) in [5, 5.41) is 0. The summed E-state index contributed by atoms with van der Waals surface area (Å²) in [7, 11) is 0. The van der Waals surface area contributed by atoms with Crippen molar-refractivity contribution < 1.29 is 0 Å². The topological polar surface area (TPSA) is 6.48 Å². The van der Waals surface area contributed by atoms with Gasteiger partial charge in [0.25, 0.3) is 0 Å². The molecule has 0 bridgehead atoms. The molecule has 0 fully saturated rings. The third kappa shape index (κ3) is 3.62. The standard InChI is InChI=1S/C32H24N2S2/c1-21-13-17-23(18-14-21)29-27-28(32(36)33(29)25-9-5-3-6-10-25)30(24-19-15-22(2)16-20-24)34(31(27)35)26-11-7-4-8-12-26/h3-20H,1-2H3. The lowest BCUT2D eigenvalue weighted by Gasteiger charge is -2.28. The summed E-state index contributed by atoms with van der Waals surface area (Å²) >= 11 is 12.5. The van der Waals surface area contributed by atoms with Gasteiger partial charge in [0, 0.05) is 22.5 Å². The van der Waals surface area contributed by atoms with Crippen LogP contribution in [0.3, 0.4) is 0 Å². The molecule has 0 atom stereocenters. The van der Waals surface area contributed by atoms with Crippen molar-refractivity contribution in [1.29, 1.82) is 0 Å². The summed E-state index contributed by atoms with van der Waals surface area (Å²) in [6.07, 6.45) is 0. The highest BCUT2D eigenvalue weighted by Crippen LogP contribution is 2.50. The van der Waals surface area contributed by atoms with Gasteiger partial charge in [-0.05, 0) is 49.2 Å². The number of rotatable bonds is 4. The molecule has 2 aliphatic heterocycles. The van der Waals surface area contributed by atoms with E-state index in [4.69, 9.17) is 24.4 Å². The minimum atomic E-state index is 0.767. The van der Waals surface area contributed by atoms with Gasteiger partial charge >= 0.3 is 0 Å². The van der Waals surface area contributed by atoms with Gasteiger partial charge in [-0.15, -0.1) is 0 Å². The number of hydrogen-bond donors (Lipinski definition) is 0. The molecule has 2 heterocycles. The third-order valence-corrected chi connectivity index (χ3v) is 7.46. The number of benzene rings is 4. The van der Waals surface area contributed by atoms with Gasteiger partial charge in [0.2, 0.25) is 0 Å². The number of aryl methyl sites for hydroxylation is 2. The maximum absolute atomic E-state index is 6.26. The second kappa shape index (κ2) is 8.98. The van der Waals surface area contributed by atoms with Gasteiger partial charge in [-0.25, -0.2) is 0 Å². The number of anilines is 2. The molecule has 0 N–H and O–H groups in total. The lowest BCUT2D eigenvalue weighted by Crippen LogP contribution is -2.28. The fourth-order valence-corrected chi connectivity index (χ4v) is 5.71. The monoisotopic (exact) mass is 500 g/mol. The largest absolute Gasteiger partial charge is 0.299 e. The van der Waals surface area contributed by atoms with E-state index in [9.17, 15) is 0 Å². The molecule has 0 spiro atoms. The van der Waals surface area contributed by atoms with Crippen molar-refractivity contribution in [2.45, 2.75) is 13.8 Å². The van der Waals surface area contributed by atoms with Crippen LogP contribution in [-0.4, -0.2) is 9.98 Å². The summed E-state index contributed by atoms with van der Waals surface area (Å²) in [6.45, 7) is 4.21. The van der Waals surface area contributed by atoms with Gasteiger partial charge in [0.05, 0.1) is 11.4 Å². The van der Waals surface area contributed by atoms with Crippen LogP contribution in [0.1, 0.15) is 22.3 Å². The highest BCUT2D eigenvalue weighted by Gasteiger charge is 2.45. The molecule has 4 aromatic rings. The molecule has 0 aromatic heterocycles. The molecule has 2 nitrogen and oxygen atoms in total. The predicted octanol–water partition coefficient (Wildman–Crippen LogP) is 8.12. The average molecular weight is 501 g/mol. The summed E-state index contributed by atoms with van der Waals surface area (Å²) < 4.78 is 0. The van der Waals surface area contributed by atoms with Crippen LogP contribution in [-0.2, 0) is 0 Å². The highest BCUT2D eigenvalue weighted by molar-refractivity contribution is 7.82. The first-order valence-corrected chi connectivity index (χ1v) is 12.8. The lowest BCUT2D eigenvalue weighted by atomic mass is 10.0. The van der Waals surface area contributed by atoms with E-state index in [0.717, 1.165) is 55.0 Å². The van der Waals surface area contributed by atoms with E-state index >= 15 is 0 Å². The molecule has 36 heavy (non-hydrogen) atoms. The molecule has 0 amide bonds. The summed E-state index contributed by atoms with van der Waals surface area (Å²) in [4.78, 5) is 5.91. The van der Waals surface area contributed by atoms with Crippen molar-refractivity contribution in [1.82, 2.24) is 0 Å². The normalized spacial score (nSPS) is 15.3. The highest BCUT2D eigenvalue weighted by atomic mass is 32.1. The van der Waals surface area contributed by atoms with Crippen LogP contribution in [0.4, 0.5) is 11.4 Å². The Morgan fingerprint density at radius 2 is 0.778 bits per heavy atom. The van der Waals surface area contributed by atoms with Crippen LogP contribution in [0.5, 0.6) is 0 Å². The summed E-state index contributed by atoms with van der Waals surface area (Å²) in [5.74, 6) is 0. The Bertz CT molecular complexity index is 1430. The Morgan fingerprint density at radius 1 is 0.444 bits per heavy atom. The Balaban J connectivity index is 1.68. The van der Waals surface area contributed by atoms with Crippen LogP contribution in [0.25, 0.3) is 11.4 Å². The number of hydrogen-bond acceptors (Lipinski definition) is 2. The quantitative estimate of drug-likeness (QED) is 0.261.